The van der Waals surface area contributed by atoms with E-state index in [-0.39, 0.29) is 65.4 Å². The minimum atomic E-state index is -0.565. The molecule has 6 rings (SSSR count). The average Bonchev–Trinajstić information content (AvgIpc) is 3.41. The van der Waals surface area contributed by atoms with E-state index in [9.17, 15) is 0 Å². The summed E-state index contributed by atoms with van der Waals surface area (Å²) in [5.41, 5.74) is 1.12. The number of rotatable bonds is 2. The summed E-state index contributed by atoms with van der Waals surface area (Å²) < 4.78 is 85.0. The molecule has 6 aromatic rings. The molecule has 3 aromatic heterocycles. The van der Waals surface area contributed by atoms with Crippen molar-refractivity contribution in [1.82, 2.24) is 9.97 Å². The van der Waals surface area contributed by atoms with Crippen LogP contribution < -0.4 is 0 Å². The van der Waals surface area contributed by atoms with Crippen molar-refractivity contribution in [3.05, 3.63) is 121 Å². The van der Waals surface area contributed by atoms with Gasteiger partial charge in [-0.1, -0.05) is 53.8 Å². The van der Waals surface area contributed by atoms with Crippen LogP contribution in [-0.2, 0) is 20.1 Å². The van der Waals surface area contributed by atoms with Crippen molar-refractivity contribution >= 4 is 21.9 Å². The molecule has 0 aliphatic carbocycles. The maximum absolute atomic E-state index is 8.43. The van der Waals surface area contributed by atoms with Crippen LogP contribution >= 0.6 is 0 Å². The Bertz CT molecular complexity index is 1910. The molecule has 3 aromatic carbocycles. The maximum atomic E-state index is 8.43. The van der Waals surface area contributed by atoms with Crippen molar-refractivity contribution in [2.75, 3.05) is 0 Å². The Morgan fingerprint density at radius 1 is 0.750 bits per heavy atom. The number of para-hydroxylation sites is 1. The van der Waals surface area contributed by atoms with E-state index in [0.29, 0.717) is 0 Å². The van der Waals surface area contributed by atoms with E-state index < -0.39 is 48.5 Å². The van der Waals surface area contributed by atoms with Gasteiger partial charge in [-0.25, -0.2) is 0 Å². The van der Waals surface area contributed by atoms with Gasteiger partial charge in [0, 0.05) is 35.2 Å². The minimum Gasteiger partial charge on any atom is -0.476 e. The fourth-order valence-corrected chi connectivity index (χ4v) is 2.84. The first kappa shape index (κ1) is 12.4. The first-order valence-corrected chi connectivity index (χ1v) is 9.20. The molecular formula is C28H18IrN2O-2. The smallest absolute Gasteiger partial charge is 0.123 e. The molecule has 0 amide bonds. The Kier molecular flexibility index (Phi) is 3.95. The molecule has 0 spiro atoms. The maximum Gasteiger partial charge on any atom is 0.123 e. The Balaban J connectivity index is 0.000000261. The molecule has 0 N–H and O–H groups in total. The van der Waals surface area contributed by atoms with E-state index in [2.05, 4.69) is 22.1 Å². The van der Waals surface area contributed by atoms with E-state index in [0.717, 1.165) is 11.3 Å². The molecule has 4 heteroatoms. The summed E-state index contributed by atoms with van der Waals surface area (Å²) in [6.45, 7) is 0. The Labute approximate surface area is 214 Å². The topological polar surface area (TPSA) is 38.9 Å². The zero-order chi connectivity index (χ0) is 29.6. The first-order chi connectivity index (χ1) is 19.5. The summed E-state index contributed by atoms with van der Waals surface area (Å²) in [7, 11) is 0. The summed E-state index contributed by atoms with van der Waals surface area (Å²) in [5.74, 6) is 0. The van der Waals surface area contributed by atoms with E-state index in [1.807, 2.05) is 42.5 Å². The molecule has 0 bridgehead atoms. The van der Waals surface area contributed by atoms with Crippen molar-refractivity contribution < 1.29 is 38.2 Å². The zero-order valence-electron chi connectivity index (χ0n) is 26.3. The molecule has 0 unspecified atom stereocenters. The number of furan rings is 1. The third kappa shape index (κ3) is 4.67. The van der Waals surface area contributed by atoms with Crippen molar-refractivity contribution in [1.29, 1.82) is 0 Å². The van der Waals surface area contributed by atoms with Crippen molar-refractivity contribution in [2.45, 2.75) is 0 Å². The SMILES string of the molecule is [2H]c1nc(-c2[c-]c([2H])c3c(oc4c([2H])c([2H])c([2H])c([2H])c43)c2[2H])c([2H])c([2H])c1[2H].[Ir].[c-]1ccccc1-c1ccccn1. The molecule has 32 heavy (non-hydrogen) atoms. The summed E-state index contributed by atoms with van der Waals surface area (Å²) in [6, 6.07) is 15.2. The van der Waals surface area contributed by atoms with Crippen molar-refractivity contribution in [2.24, 2.45) is 0 Å². The monoisotopic (exact) mass is 601 g/mol. The van der Waals surface area contributed by atoms with Crippen LogP contribution in [0.2, 0.25) is 0 Å². The molecule has 3 heterocycles. The van der Waals surface area contributed by atoms with E-state index >= 15 is 0 Å². The molecule has 0 saturated carbocycles. The average molecular weight is 601 g/mol. The van der Waals surface area contributed by atoms with Gasteiger partial charge in [-0.2, -0.15) is 0 Å². The molecule has 3 nitrogen and oxygen atoms in total. The van der Waals surface area contributed by atoms with E-state index in [1.54, 1.807) is 6.20 Å². The van der Waals surface area contributed by atoms with Crippen molar-refractivity contribution in [3.8, 4) is 22.5 Å². The number of nitrogens with zero attached hydrogens (tertiary/aromatic N) is 2. The second kappa shape index (κ2) is 10.1. The van der Waals surface area contributed by atoms with Gasteiger partial charge in [0.15, 0.2) is 0 Å². The quantitative estimate of drug-likeness (QED) is 0.201. The van der Waals surface area contributed by atoms with Crippen LogP contribution in [0.1, 0.15) is 13.7 Å². The number of hydrogen-bond acceptors (Lipinski definition) is 3. The molecule has 0 aliphatic rings. The Morgan fingerprint density at radius 2 is 1.62 bits per heavy atom. The van der Waals surface area contributed by atoms with Gasteiger partial charge in [0.2, 0.25) is 0 Å². The van der Waals surface area contributed by atoms with Crippen LogP contribution in [0.5, 0.6) is 0 Å². The van der Waals surface area contributed by atoms with Gasteiger partial charge in [0.1, 0.15) is 5.58 Å². The van der Waals surface area contributed by atoms with Gasteiger partial charge >= 0.3 is 0 Å². The predicted molar refractivity (Wildman–Crippen MR) is 124 cm³/mol. The molecule has 1 radical (unpaired) electrons. The van der Waals surface area contributed by atoms with Gasteiger partial charge < -0.3 is 14.4 Å². The van der Waals surface area contributed by atoms with Crippen molar-refractivity contribution in [3.63, 3.8) is 0 Å². The van der Waals surface area contributed by atoms with Crippen LogP contribution in [0.4, 0.5) is 0 Å². The van der Waals surface area contributed by atoms with Crippen LogP contribution in [-0.4, -0.2) is 9.97 Å². The largest absolute Gasteiger partial charge is 0.476 e. The molecule has 0 aliphatic heterocycles. The summed E-state index contributed by atoms with van der Waals surface area (Å²) in [4.78, 5) is 8.01. The van der Waals surface area contributed by atoms with Crippen LogP contribution in [0.15, 0.2) is 114 Å². The standard InChI is InChI=1S/C17H10NO.C11H8N.Ir/c1-2-7-16-13(5-1)14-9-8-12(11-17(14)19-16)15-6-3-4-10-18-15;1-2-6-10(7-3-1)11-8-4-5-9-12-11;/h1-7,9-11H;1-6,8-9H;/q2*-1;/i1D,2D,3D,4D,5D,6D,7D,9D,10D,11D;;. The van der Waals surface area contributed by atoms with Gasteiger partial charge in [-0.05, 0) is 34.9 Å². The van der Waals surface area contributed by atoms with Crippen LogP contribution in [0.25, 0.3) is 44.5 Å². The zero-order valence-corrected chi connectivity index (χ0v) is 18.6. The molecule has 157 valence electrons. The molecule has 0 saturated heterocycles. The van der Waals surface area contributed by atoms with Gasteiger partial charge in [-0.3, -0.25) is 0 Å². The van der Waals surface area contributed by atoms with Gasteiger partial charge in [0.25, 0.3) is 0 Å². The summed E-state index contributed by atoms with van der Waals surface area (Å²) >= 11 is 0. The van der Waals surface area contributed by atoms with E-state index in [1.165, 1.54) is 0 Å². The second-order valence-electron chi connectivity index (χ2n) is 6.20. The third-order valence-corrected chi connectivity index (χ3v) is 4.24. The molecule has 0 atom stereocenters. The van der Waals surface area contributed by atoms with Crippen LogP contribution in [0.3, 0.4) is 0 Å². The number of benzene rings is 3. The normalized spacial score (nSPS) is 14.6. The Morgan fingerprint density at radius 3 is 2.47 bits per heavy atom. The fraction of sp³-hybridized carbons (Fsp3) is 0. The Hall–Kier alpha value is -3.59. The summed E-state index contributed by atoms with van der Waals surface area (Å²) in [6.07, 6.45) is 1.22. The predicted octanol–water partition coefficient (Wildman–Crippen LogP) is 6.99. The van der Waals surface area contributed by atoms with E-state index in [4.69, 9.17) is 18.1 Å². The number of fused-ring (bicyclic) bond motifs is 3. The minimum absolute atomic E-state index is 0. The number of aromatic nitrogens is 2. The fourth-order valence-electron chi connectivity index (χ4n) is 2.84. The second-order valence-corrected chi connectivity index (χ2v) is 6.20. The number of pyridine rings is 2. The summed E-state index contributed by atoms with van der Waals surface area (Å²) in [5, 5.41) is -0.0724. The van der Waals surface area contributed by atoms with Gasteiger partial charge in [-0.15, -0.1) is 53.6 Å². The first-order valence-electron chi connectivity index (χ1n) is 14.2. The number of hydrogen-bond donors (Lipinski definition) is 0. The van der Waals surface area contributed by atoms with Crippen LogP contribution in [0, 0.1) is 12.1 Å². The van der Waals surface area contributed by atoms with Gasteiger partial charge in [0.05, 0.1) is 16.5 Å². The molecular weight excluding hydrogens is 573 g/mol. The third-order valence-electron chi connectivity index (χ3n) is 4.24. The molecule has 0 fully saturated rings.